The van der Waals surface area contributed by atoms with Crippen LogP contribution < -0.4 is 10.1 Å². The molecule has 0 bridgehead atoms. The second-order valence-electron chi connectivity index (χ2n) is 5.24. The number of nitrogens with one attached hydrogen (secondary N) is 1. The molecule has 1 heterocycles. The van der Waals surface area contributed by atoms with Gasteiger partial charge in [0.1, 0.15) is 5.75 Å². The van der Waals surface area contributed by atoms with Crippen LogP contribution in [0.1, 0.15) is 24.9 Å². The van der Waals surface area contributed by atoms with Crippen molar-refractivity contribution in [2.75, 3.05) is 26.2 Å². The van der Waals surface area contributed by atoms with Gasteiger partial charge < -0.3 is 10.1 Å². The highest BCUT2D eigenvalue weighted by atomic mass is 19.3. The first-order valence-corrected chi connectivity index (χ1v) is 7.33. The predicted molar refractivity (Wildman–Crippen MR) is 75.5 cm³/mol. The highest BCUT2D eigenvalue weighted by Gasteiger charge is 2.43. The van der Waals surface area contributed by atoms with Crippen molar-refractivity contribution in [2.45, 2.75) is 31.9 Å². The van der Waals surface area contributed by atoms with Crippen LogP contribution in [0, 0.1) is 0 Å². The molecular weight excluding hydrogens is 300 g/mol. The zero-order valence-electron chi connectivity index (χ0n) is 12.4. The smallest absolute Gasteiger partial charge is 0.428 e. The second-order valence-corrected chi connectivity index (χ2v) is 5.24. The molecule has 0 radical (unpaired) electrons. The van der Waals surface area contributed by atoms with E-state index in [1.807, 2.05) is 0 Å². The Kier molecular flexibility index (Phi) is 5.63. The maximum atomic E-state index is 12.9. The van der Waals surface area contributed by atoms with E-state index in [0.29, 0.717) is 0 Å². The first-order chi connectivity index (χ1) is 10.4. The van der Waals surface area contributed by atoms with Crippen LogP contribution in [0.3, 0.4) is 0 Å². The topological polar surface area (TPSA) is 24.5 Å². The van der Waals surface area contributed by atoms with E-state index in [9.17, 15) is 17.6 Å². The van der Waals surface area contributed by atoms with E-state index in [2.05, 4.69) is 21.9 Å². The maximum Gasteiger partial charge on any atom is 0.461 e. The highest BCUT2D eigenvalue weighted by molar-refractivity contribution is 5.29. The van der Waals surface area contributed by atoms with Crippen LogP contribution in [-0.4, -0.2) is 43.6 Å². The van der Waals surface area contributed by atoms with Gasteiger partial charge in [0.15, 0.2) is 0 Å². The van der Waals surface area contributed by atoms with Crippen molar-refractivity contribution < 1.29 is 22.3 Å². The quantitative estimate of drug-likeness (QED) is 0.814. The van der Waals surface area contributed by atoms with Gasteiger partial charge in [-0.2, -0.15) is 17.6 Å². The van der Waals surface area contributed by atoms with Crippen molar-refractivity contribution in [3.63, 3.8) is 0 Å². The summed E-state index contributed by atoms with van der Waals surface area (Å²) in [5.74, 6) is -0.260. The summed E-state index contributed by atoms with van der Waals surface area (Å²) in [6.45, 7) is 5.72. The fraction of sp³-hybridized carbons (Fsp3) is 0.600. The molecule has 0 saturated carbocycles. The standard InChI is InChI=1S/C15H20F4N2O/c1-2-13(21-9-7-20-8-10-21)11-3-5-12(6-4-11)22-15(18,19)14(16)17/h3-6,13-14,20H,2,7-10H2,1H3/t13-/m0/s1. The lowest BCUT2D eigenvalue weighted by Gasteiger charge is -2.34. The molecule has 124 valence electrons. The van der Waals surface area contributed by atoms with Crippen LogP contribution in [0.15, 0.2) is 24.3 Å². The Morgan fingerprint density at radius 1 is 1.18 bits per heavy atom. The van der Waals surface area contributed by atoms with E-state index in [1.54, 1.807) is 12.1 Å². The average Bonchev–Trinajstić information content (AvgIpc) is 2.50. The zero-order valence-corrected chi connectivity index (χ0v) is 12.4. The molecule has 3 nitrogen and oxygen atoms in total. The Labute approximate surface area is 127 Å². The fourth-order valence-corrected chi connectivity index (χ4v) is 2.66. The molecule has 1 aromatic carbocycles. The van der Waals surface area contributed by atoms with E-state index in [0.717, 1.165) is 38.2 Å². The molecule has 1 N–H and O–H groups in total. The molecule has 22 heavy (non-hydrogen) atoms. The van der Waals surface area contributed by atoms with Crippen LogP contribution in [-0.2, 0) is 0 Å². The van der Waals surface area contributed by atoms with E-state index >= 15 is 0 Å². The van der Waals surface area contributed by atoms with Crippen molar-refractivity contribution >= 4 is 0 Å². The fourth-order valence-electron chi connectivity index (χ4n) is 2.66. The molecule has 1 aliphatic heterocycles. The number of ether oxygens (including phenoxy) is 1. The van der Waals surface area contributed by atoms with Gasteiger partial charge in [0.25, 0.3) is 0 Å². The minimum absolute atomic E-state index is 0.187. The van der Waals surface area contributed by atoms with Gasteiger partial charge in [-0.05, 0) is 24.1 Å². The Morgan fingerprint density at radius 3 is 2.27 bits per heavy atom. The lowest BCUT2D eigenvalue weighted by molar-refractivity contribution is -0.253. The number of nitrogens with zero attached hydrogens (tertiary/aromatic N) is 1. The van der Waals surface area contributed by atoms with Gasteiger partial charge in [-0.25, -0.2) is 0 Å². The van der Waals surface area contributed by atoms with Crippen molar-refractivity contribution in [2.24, 2.45) is 0 Å². The minimum atomic E-state index is -4.47. The Bertz CT molecular complexity index is 461. The largest absolute Gasteiger partial charge is 0.461 e. The third kappa shape index (κ3) is 4.10. The summed E-state index contributed by atoms with van der Waals surface area (Å²) in [6.07, 6.45) is -7.44. The molecular formula is C15H20F4N2O. The van der Waals surface area contributed by atoms with Gasteiger partial charge in [-0.1, -0.05) is 19.1 Å². The van der Waals surface area contributed by atoms with Crippen LogP contribution >= 0.6 is 0 Å². The van der Waals surface area contributed by atoms with Crippen molar-refractivity contribution in [1.29, 1.82) is 0 Å². The summed E-state index contributed by atoms with van der Waals surface area (Å²) in [7, 11) is 0. The SMILES string of the molecule is CC[C@@H](c1ccc(OC(F)(F)C(F)F)cc1)N1CCNCC1. The first kappa shape index (κ1) is 17.0. The number of halogens is 4. The molecule has 1 aromatic rings. The maximum absolute atomic E-state index is 12.9. The predicted octanol–water partition coefficient (Wildman–Crippen LogP) is 3.28. The first-order valence-electron chi connectivity index (χ1n) is 7.33. The number of piperazine rings is 1. The van der Waals surface area contributed by atoms with E-state index in [4.69, 9.17) is 0 Å². The third-order valence-electron chi connectivity index (χ3n) is 3.75. The molecule has 1 atom stereocenters. The van der Waals surface area contributed by atoms with Crippen LogP contribution in [0.5, 0.6) is 5.75 Å². The second kappa shape index (κ2) is 7.28. The van der Waals surface area contributed by atoms with Crippen molar-refractivity contribution in [3.8, 4) is 5.75 Å². The van der Waals surface area contributed by atoms with Gasteiger partial charge in [0.05, 0.1) is 0 Å². The molecule has 2 rings (SSSR count). The molecule has 0 spiro atoms. The number of hydrogen-bond donors (Lipinski definition) is 1. The lowest BCUT2D eigenvalue weighted by atomic mass is 10.0. The van der Waals surface area contributed by atoms with Crippen LogP contribution in [0.25, 0.3) is 0 Å². The van der Waals surface area contributed by atoms with Crippen LogP contribution in [0.4, 0.5) is 17.6 Å². The van der Waals surface area contributed by atoms with Gasteiger partial charge in [0, 0.05) is 32.2 Å². The van der Waals surface area contributed by atoms with E-state index in [1.165, 1.54) is 12.1 Å². The number of hydrogen-bond acceptors (Lipinski definition) is 3. The molecule has 0 unspecified atom stereocenters. The van der Waals surface area contributed by atoms with Crippen molar-refractivity contribution in [1.82, 2.24) is 10.2 Å². The van der Waals surface area contributed by atoms with Gasteiger partial charge in [-0.15, -0.1) is 0 Å². The lowest BCUT2D eigenvalue weighted by Crippen LogP contribution is -2.45. The van der Waals surface area contributed by atoms with Gasteiger partial charge in [-0.3, -0.25) is 4.90 Å². The van der Waals surface area contributed by atoms with E-state index < -0.39 is 12.5 Å². The Balaban J connectivity index is 2.06. The molecule has 0 amide bonds. The van der Waals surface area contributed by atoms with Crippen molar-refractivity contribution in [3.05, 3.63) is 29.8 Å². The average molecular weight is 320 g/mol. The summed E-state index contributed by atoms with van der Waals surface area (Å²) in [5, 5.41) is 3.27. The van der Waals surface area contributed by atoms with Gasteiger partial charge in [0.2, 0.25) is 0 Å². The molecule has 1 fully saturated rings. The molecule has 1 aliphatic rings. The summed E-state index contributed by atoms with van der Waals surface area (Å²) in [4.78, 5) is 2.32. The normalized spacial score (nSPS) is 18.5. The molecule has 0 aliphatic carbocycles. The summed E-state index contributed by atoms with van der Waals surface area (Å²) < 4.78 is 54.0. The Hall–Kier alpha value is -1.34. The molecule has 7 heteroatoms. The summed E-state index contributed by atoms with van der Waals surface area (Å²) in [6, 6.07) is 6.14. The number of rotatable bonds is 6. The monoisotopic (exact) mass is 320 g/mol. The Morgan fingerprint density at radius 2 is 1.77 bits per heavy atom. The number of alkyl halides is 4. The molecule has 1 saturated heterocycles. The summed E-state index contributed by atoms with van der Waals surface area (Å²) in [5.41, 5.74) is 0.970. The minimum Gasteiger partial charge on any atom is -0.428 e. The number of benzene rings is 1. The van der Waals surface area contributed by atoms with Crippen LogP contribution in [0.2, 0.25) is 0 Å². The highest BCUT2D eigenvalue weighted by Crippen LogP contribution is 2.30. The van der Waals surface area contributed by atoms with Gasteiger partial charge >= 0.3 is 12.5 Å². The zero-order chi connectivity index (χ0) is 16.2. The summed E-state index contributed by atoms with van der Waals surface area (Å²) >= 11 is 0. The van der Waals surface area contributed by atoms with E-state index in [-0.39, 0.29) is 11.8 Å². The third-order valence-corrected chi connectivity index (χ3v) is 3.75. The molecule has 0 aromatic heterocycles.